The lowest BCUT2D eigenvalue weighted by Gasteiger charge is -2.05. The summed E-state index contributed by atoms with van der Waals surface area (Å²) in [6.45, 7) is 1.87. The number of amides is 1. The molecule has 0 radical (unpaired) electrons. The highest BCUT2D eigenvalue weighted by molar-refractivity contribution is 5.94. The van der Waals surface area contributed by atoms with E-state index in [4.69, 9.17) is 4.42 Å². The van der Waals surface area contributed by atoms with Gasteiger partial charge in [0.05, 0.1) is 18.4 Å². The van der Waals surface area contributed by atoms with Gasteiger partial charge in [0.2, 0.25) is 0 Å². The third kappa shape index (κ3) is 2.53. The predicted octanol–water partition coefficient (Wildman–Crippen LogP) is 2.66. The van der Waals surface area contributed by atoms with Crippen molar-refractivity contribution in [2.24, 2.45) is 0 Å². The third-order valence-electron chi connectivity index (χ3n) is 2.44. The van der Waals surface area contributed by atoms with Crippen LogP contribution in [0, 0.1) is 12.7 Å². The molecule has 1 N–H and O–H groups in total. The lowest BCUT2D eigenvalue weighted by atomic mass is 10.1. The number of furan rings is 1. The van der Waals surface area contributed by atoms with Gasteiger partial charge in [0, 0.05) is 0 Å². The fraction of sp³-hybridized carbons (Fsp3) is 0.154. The molecule has 1 aromatic carbocycles. The molecule has 2 aromatic rings. The summed E-state index contributed by atoms with van der Waals surface area (Å²) in [6, 6.07) is 8.21. The first kappa shape index (κ1) is 11.4. The van der Waals surface area contributed by atoms with Gasteiger partial charge >= 0.3 is 0 Å². The molecule has 0 unspecified atom stereocenters. The Hall–Kier alpha value is -2.10. The standard InChI is InChI=1S/C13H12FNO2/c1-9-4-2-6-11(12(9)14)13(16)15-8-10-5-3-7-17-10/h2-7H,8H2,1H3,(H,15,16). The summed E-state index contributed by atoms with van der Waals surface area (Å²) in [4.78, 5) is 11.7. The summed E-state index contributed by atoms with van der Waals surface area (Å²) in [5, 5.41) is 2.60. The van der Waals surface area contributed by atoms with E-state index < -0.39 is 11.7 Å². The van der Waals surface area contributed by atoms with Crippen molar-refractivity contribution in [2.75, 3.05) is 0 Å². The SMILES string of the molecule is Cc1cccc(C(=O)NCc2ccco2)c1F. The molecule has 0 aliphatic rings. The molecule has 17 heavy (non-hydrogen) atoms. The van der Waals surface area contributed by atoms with Crippen molar-refractivity contribution in [1.82, 2.24) is 5.32 Å². The molecule has 4 heteroatoms. The van der Waals surface area contributed by atoms with E-state index in [1.165, 1.54) is 12.3 Å². The van der Waals surface area contributed by atoms with Gasteiger partial charge in [0.1, 0.15) is 11.6 Å². The summed E-state index contributed by atoms with van der Waals surface area (Å²) < 4.78 is 18.7. The van der Waals surface area contributed by atoms with Crippen LogP contribution in [0.4, 0.5) is 4.39 Å². The van der Waals surface area contributed by atoms with Gasteiger partial charge in [-0.05, 0) is 30.7 Å². The van der Waals surface area contributed by atoms with Gasteiger partial charge in [-0.2, -0.15) is 0 Å². The molecule has 0 saturated carbocycles. The Morgan fingerprint density at radius 2 is 2.18 bits per heavy atom. The topological polar surface area (TPSA) is 42.2 Å². The van der Waals surface area contributed by atoms with Gasteiger partial charge in [-0.15, -0.1) is 0 Å². The first-order valence-electron chi connectivity index (χ1n) is 5.24. The van der Waals surface area contributed by atoms with E-state index in [2.05, 4.69) is 5.32 Å². The molecule has 3 nitrogen and oxygen atoms in total. The monoisotopic (exact) mass is 233 g/mol. The maximum Gasteiger partial charge on any atom is 0.254 e. The Balaban J connectivity index is 2.07. The van der Waals surface area contributed by atoms with Crippen molar-refractivity contribution in [3.63, 3.8) is 0 Å². The quantitative estimate of drug-likeness (QED) is 0.885. The number of benzene rings is 1. The third-order valence-corrected chi connectivity index (χ3v) is 2.44. The van der Waals surface area contributed by atoms with Crippen LogP contribution in [-0.4, -0.2) is 5.91 Å². The summed E-state index contributed by atoms with van der Waals surface area (Å²) in [5.41, 5.74) is 0.507. The zero-order chi connectivity index (χ0) is 12.3. The number of nitrogens with one attached hydrogen (secondary N) is 1. The molecule has 1 amide bonds. The largest absolute Gasteiger partial charge is 0.467 e. The number of rotatable bonds is 3. The van der Waals surface area contributed by atoms with Crippen LogP contribution in [0.1, 0.15) is 21.7 Å². The maximum absolute atomic E-state index is 13.6. The lowest BCUT2D eigenvalue weighted by molar-refractivity contribution is 0.0944. The molecule has 0 aliphatic heterocycles. The molecule has 0 atom stereocenters. The average Bonchev–Trinajstić information content (AvgIpc) is 2.82. The van der Waals surface area contributed by atoms with Gasteiger partial charge in [-0.1, -0.05) is 12.1 Å². The van der Waals surface area contributed by atoms with E-state index >= 15 is 0 Å². The van der Waals surface area contributed by atoms with Gasteiger partial charge in [0.15, 0.2) is 0 Å². The lowest BCUT2D eigenvalue weighted by Crippen LogP contribution is -2.23. The van der Waals surface area contributed by atoms with Crippen LogP contribution in [0.2, 0.25) is 0 Å². The molecule has 0 spiro atoms. The van der Waals surface area contributed by atoms with Gasteiger partial charge < -0.3 is 9.73 Å². The fourth-order valence-electron chi connectivity index (χ4n) is 1.50. The Labute approximate surface area is 98.3 Å². The van der Waals surface area contributed by atoms with Gasteiger partial charge in [-0.25, -0.2) is 4.39 Å². The number of carbonyl (C=O) groups is 1. The molecule has 0 bridgehead atoms. The number of carbonyl (C=O) groups excluding carboxylic acids is 1. The molecule has 1 heterocycles. The van der Waals surface area contributed by atoms with Crippen LogP contribution in [0.15, 0.2) is 41.0 Å². The van der Waals surface area contributed by atoms with E-state index in [0.29, 0.717) is 11.3 Å². The Kier molecular flexibility index (Phi) is 3.23. The molecule has 0 aliphatic carbocycles. The summed E-state index contributed by atoms with van der Waals surface area (Å²) >= 11 is 0. The molecule has 0 fully saturated rings. The number of aryl methyl sites for hydroxylation is 1. The zero-order valence-electron chi connectivity index (χ0n) is 9.37. The minimum Gasteiger partial charge on any atom is -0.467 e. The van der Waals surface area contributed by atoms with Crippen LogP contribution >= 0.6 is 0 Å². The van der Waals surface area contributed by atoms with E-state index in [9.17, 15) is 9.18 Å². The second kappa shape index (κ2) is 4.82. The fourth-order valence-corrected chi connectivity index (χ4v) is 1.50. The number of hydrogen-bond donors (Lipinski definition) is 1. The van der Waals surface area contributed by atoms with Crippen LogP contribution in [0.5, 0.6) is 0 Å². The maximum atomic E-state index is 13.6. The number of halogens is 1. The smallest absolute Gasteiger partial charge is 0.254 e. The first-order chi connectivity index (χ1) is 8.18. The van der Waals surface area contributed by atoms with Crippen LogP contribution in [0.3, 0.4) is 0 Å². The molecular formula is C13H12FNO2. The van der Waals surface area contributed by atoms with Crippen molar-refractivity contribution >= 4 is 5.91 Å². The highest BCUT2D eigenvalue weighted by Crippen LogP contribution is 2.11. The van der Waals surface area contributed by atoms with E-state index in [-0.39, 0.29) is 12.1 Å². The average molecular weight is 233 g/mol. The summed E-state index contributed by atoms with van der Waals surface area (Å²) in [6.07, 6.45) is 1.52. The second-order valence-electron chi connectivity index (χ2n) is 3.70. The molecule has 2 rings (SSSR count). The highest BCUT2D eigenvalue weighted by Gasteiger charge is 2.12. The number of hydrogen-bond acceptors (Lipinski definition) is 2. The highest BCUT2D eigenvalue weighted by atomic mass is 19.1. The van der Waals surface area contributed by atoms with E-state index in [0.717, 1.165) is 0 Å². The normalized spacial score (nSPS) is 10.2. The minimum absolute atomic E-state index is 0.0524. The Bertz CT molecular complexity index is 520. The first-order valence-corrected chi connectivity index (χ1v) is 5.24. The van der Waals surface area contributed by atoms with Crippen LogP contribution in [-0.2, 0) is 6.54 Å². The van der Waals surface area contributed by atoms with E-state index in [1.54, 1.807) is 31.2 Å². The second-order valence-corrected chi connectivity index (χ2v) is 3.70. The van der Waals surface area contributed by atoms with Gasteiger partial charge in [0.25, 0.3) is 5.91 Å². The van der Waals surface area contributed by atoms with Crippen molar-refractivity contribution in [2.45, 2.75) is 13.5 Å². The molecule has 1 aromatic heterocycles. The van der Waals surface area contributed by atoms with Crippen molar-refractivity contribution in [3.05, 3.63) is 59.3 Å². The van der Waals surface area contributed by atoms with Crippen LogP contribution < -0.4 is 5.32 Å². The van der Waals surface area contributed by atoms with E-state index in [1.807, 2.05) is 0 Å². The van der Waals surface area contributed by atoms with Crippen molar-refractivity contribution in [1.29, 1.82) is 0 Å². The Morgan fingerprint density at radius 1 is 1.35 bits per heavy atom. The minimum atomic E-state index is -0.482. The molecular weight excluding hydrogens is 221 g/mol. The molecule has 0 saturated heterocycles. The van der Waals surface area contributed by atoms with Crippen molar-refractivity contribution in [3.8, 4) is 0 Å². The van der Waals surface area contributed by atoms with Gasteiger partial charge in [-0.3, -0.25) is 4.79 Å². The van der Waals surface area contributed by atoms with Crippen molar-refractivity contribution < 1.29 is 13.6 Å². The predicted molar refractivity (Wildman–Crippen MR) is 61.0 cm³/mol. The molecule has 88 valence electrons. The Morgan fingerprint density at radius 3 is 2.88 bits per heavy atom. The van der Waals surface area contributed by atoms with Crippen LogP contribution in [0.25, 0.3) is 0 Å². The summed E-state index contributed by atoms with van der Waals surface area (Å²) in [5.74, 6) is -0.293. The summed E-state index contributed by atoms with van der Waals surface area (Å²) in [7, 11) is 0. The zero-order valence-corrected chi connectivity index (χ0v) is 9.37.